The molecular formula is C25H27FN2O4. The van der Waals surface area contributed by atoms with Crippen molar-refractivity contribution in [2.45, 2.75) is 31.9 Å². The van der Waals surface area contributed by atoms with Gasteiger partial charge in [0.25, 0.3) is 11.7 Å². The van der Waals surface area contributed by atoms with E-state index in [0.29, 0.717) is 24.9 Å². The number of carbonyl (C=O) groups is 2. The SMILES string of the molecule is C[C@@H]1Cc2cc(C(O)=C3C(=O)C(=O)N(CCCN(C)C)[C@@H]3c3ccccc3F)ccc2O1. The fourth-order valence-corrected chi connectivity index (χ4v) is 4.41. The lowest BCUT2D eigenvalue weighted by Gasteiger charge is -2.26. The molecule has 0 unspecified atom stereocenters. The van der Waals surface area contributed by atoms with Crippen molar-refractivity contribution >= 4 is 17.4 Å². The van der Waals surface area contributed by atoms with Gasteiger partial charge in [0, 0.05) is 24.1 Å². The third-order valence-electron chi connectivity index (χ3n) is 5.91. The van der Waals surface area contributed by atoms with E-state index in [2.05, 4.69) is 0 Å². The van der Waals surface area contributed by atoms with Gasteiger partial charge in [0.1, 0.15) is 23.4 Å². The van der Waals surface area contributed by atoms with E-state index in [0.717, 1.165) is 11.3 Å². The molecule has 32 heavy (non-hydrogen) atoms. The number of rotatable bonds is 6. The number of halogens is 1. The second kappa shape index (κ2) is 8.74. The van der Waals surface area contributed by atoms with Gasteiger partial charge in [-0.3, -0.25) is 9.59 Å². The fourth-order valence-electron chi connectivity index (χ4n) is 4.41. The van der Waals surface area contributed by atoms with E-state index in [9.17, 15) is 19.1 Å². The molecule has 2 aromatic carbocycles. The number of hydrogen-bond acceptors (Lipinski definition) is 5. The average molecular weight is 438 g/mol. The Kier molecular flexibility index (Phi) is 6.02. The predicted molar refractivity (Wildman–Crippen MR) is 119 cm³/mol. The van der Waals surface area contributed by atoms with Gasteiger partial charge in [0.05, 0.1) is 11.6 Å². The highest BCUT2D eigenvalue weighted by atomic mass is 19.1. The molecule has 4 rings (SSSR count). The Labute approximate surface area is 186 Å². The number of aliphatic hydroxyl groups is 1. The standard InChI is InChI=1S/C25H27FN2O4/c1-15-13-17-14-16(9-10-20(17)32-15)23(29)21-22(18-7-4-5-8-19(18)26)28(25(31)24(21)30)12-6-11-27(2)3/h4-5,7-10,14-15,22,29H,6,11-13H2,1-3H3/t15-,22-/m1/s1. The van der Waals surface area contributed by atoms with Gasteiger partial charge in [0.2, 0.25) is 0 Å². The summed E-state index contributed by atoms with van der Waals surface area (Å²) in [7, 11) is 3.84. The van der Waals surface area contributed by atoms with Crippen molar-refractivity contribution in [2.24, 2.45) is 0 Å². The lowest BCUT2D eigenvalue weighted by molar-refractivity contribution is -0.140. The van der Waals surface area contributed by atoms with Crippen LogP contribution >= 0.6 is 0 Å². The number of ether oxygens (including phenoxy) is 1. The highest BCUT2D eigenvalue weighted by molar-refractivity contribution is 6.46. The van der Waals surface area contributed by atoms with Crippen LogP contribution in [0.15, 0.2) is 48.0 Å². The van der Waals surface area contributed by atoms with Gasteiger partial charge in [-0.15, -0.1) is 0 Å². The molecule has 1 amide bonds. The summed E-state index contributed by atoms with van der Waals surface area (Å²) in [4.78, 5) is 29.3. The number of likely N-dealkylation sites (tertiary alicyclic amines) is 1. The molecule has 0 radical (unpaired) electrons. The van der Waals surface area contributed by atoms with E-state index in [4.69, 9.17) is 4.74 Å². The molecule has 2 aliphatic heterocycles. The summed E-state index contributed by atoms with van der Waals surface area (Å²) in [5, 5.41) is 11.2. The first-order valence-electron chi connectivity index (χ1n) is 10.8. The van der Waals surface area contributed by atoms with Gasteiger partial charge < -0.3 is 19.6 Å². The molecular weight excluding hydrogens is 411 g/mol. The monoisotopic (exact) mass is 438 g/mol. The van der Waals surface area contributed by atoms with Crippen molar-refractivity contribution in [3.05, 3.63) is 70.5 Å². The molecule has 0 aromatic heterocycles. The van der Waals surface area contributed by atoms with Gasteiger partial charge >= 0.3 is 0 Å². The first-order valence-corrected chi connectivity index (χ1v) is 10.8. The van der Waals surface area contributed by atoms with Crippen LogP contribution in [0.5, 0.6) is 5.75 Å². The van der Waals surface area contributed by atoms with Crippen LogP contribution in [0.3, 0.4) is 0 Å². The van der Waals surface area contributed by atoms with Crippen LogP contribution in [-0.2, 0) is 16.0 Å². The zero-order valence-electron chi connectivity index (χ0n) is 18.5. The number of fused-ring (bicyclic) bond motifs is 1. The lowest BCUT2D eigenvalue weighted by Crippen LogP contribution is -2.32. The molecule has 1 N–H and O–H groups in total. The van der Waals surface area contributed by atoms with Crippen LogP contribution in [0.2, 0.25) is 0 Å². The maximum Gasteiger partial charge on any atom is 0.295 e. The smallest absolute Gasteiger partial charge is 0.295 e. The Hall–Kier alpha value is -3.19. The van der Waals surface area contributed by atoms with Gasteiger partial charge in [0.15, 0.2) is 0 Å². The quantitative estimate of drug-likeness (QED) is 0.425. The molecule has 6 nitrogen and oxygen atoms in total. The normalized spacial score (nSPS) is 21.8. The Balaban J connectivity index is 1.80. The summed E-state index contributed by atoms with van der Waals surface area (Å²) < 4.78 is 20.5. The lowest BCUT2D eigenvalue weighted by atomic mass is 9.94. The van der Waals surface area contributed by atoms with Gasteiger partial charge in [-0.25, -0.2) is 4.39 Å². The third kappa shape index (κ3) is 4.00. The summed E-state index contributed by atoms with van der Waals surface area (Å²) in [5.74, 6) is -1.61. The minimum absolute atomic E-state index is 0.0306. The number of benzene rings is 2. The second-order valence-corrected chi connectivity index (χ2v) is 8.63. The van der Waals surface area contributed by atoms with E-state index in [-0.39, 0.29) is 29.5 Å². The van der Waals surface area contributed by atoms with Crippen LogP contribution in [0.1, 0.15) is 36.1 Å². The first kappa shape index (κ1) is 22.0. The minimum atomic E-state index is -0.984. The van der Waals surface area contributed by atoms with Crippen molar-refractivity contribution in [1.29, 1.82) is 0 Å². The second-order valence-electron chi connectivity index (χ2n) is 8.63. The topological polar surface area (TPSA) is 70.1 Å². The third-order valence-corrected chi connectivity index (χ3v) is 5.91. The van der Waals surface area contributed by atoms with Gasteiger partial charge in [-0.1, -0.05) is 18.2 Å². The molecule has 2 heterocycles. The molecule has 7 heteroatoms. The number of amides is 1. The van der Waals surface area contributed by atoms with Crippen LogP contribution in [0, 0.1) is 5.82 Å². The summed E-state index contributed by atoms with van der Waals surface area (Å²) in [6, 6.07) is 10.3. The highest BCUT2D eigenvalue weighted by Crippen LogP contribution is 2.41. The summed E-state index contributed by atoms with van der Waals surface area (Å²) in [6.07, 6.45) is 1.33. The Morgan fingerprint density at radius 2 is 1.97 bits per heavy atom. The van der Waals surface area contributed by atoms with Crippen LogP contribution in [-0.4, -0.2) is 59.9 Å². The molecule has 168 valence electrons. The molecule has 2 aliphatic rings. The molecule has 0 spiro atoms. The Morgan fingerprint density at radius 3 is 2.69 bits per heavy atom. The number of aliphatic hydroxyl groups excluding tert-OH is 1. The Morgan fingerprint density at radius 1 is 1.22 bits per heavy atom. The zero-order chi connectivity index (χ0) is 23.0. The number of ketones is 1. The zero-order valence-corrected chi connectivity index (χ0v) is 18.5. The maximum absolute atomic E-state index is 14.8. The maximum atomic E-state index is 14.8. The molecule has 0 bridgehead atoms. The van der Waals surface area contributed by atoms with Crippen molar-refractivity contribution in [2.75, 3.05) is 27.2 Å². The van der Waals surface area contributed by atoms with E-state index in [1.54, 1.807) is 36.4 Å². The van der Waals surface area contributed by atoms with Crippen LogP contribution in [0.4, 0.5) is 4.39 Å². The molecule has 2 aromatic rings. The number of hydrogen-bond donors (Lipinski definition) is 1. The fraction of sp³-hybridized carbons (Fsp3) is 0.360. The van der Waals surface area contributed by atoms with E-state index >= 15 is 0 Å². The van der Waals surface area contributed by atoms with Crippen molar-refractivity contribution in [3.8, 4) is 5.75 Å². The van der Waals surface area contributed by atoms with Gasteiger partial charge in [-0.05, 0) is 63.8 Å². The van der Waals surface area contributed by atoms with Crippen molar-refractivity contribution in [3.63, 3.8) is 0 Å². The van der Waals surface area contributed by atoms with Crippen LogP contribution in [0.25, 0.3) is 5.76 Å². The predicted octanol–water partition coefficient (Wildman–Crippen LogP) is 3.52. The number of carbonyl (C=O) groups excluding carboxylic acids is 2. The number of nitrogens with zero attached hydrogens (tertiary/aromatic N) is 2. The highest BCUT2D eigenvalue weighted by Gasteiger charge is 2.46. The number of Topliss-reactive ketones (excluding diaryl/α,β-unsaturated/α-hetero) is 1. The first-order chi connectivity index (χ1) is 15.3. The molecule has 2 atom stereocenters. The van der Waals surface area contributed by atoms with E-state index < -0.39 is 23.5 Å². The molecule has 1 fully saturated rings. The van der Waals surface area contributed by atoms with Crippen molar-refractivity contribution < 1.29 is 23.8 Å². The molecule has 0 saturated carbocycles. The minimum Gasteiger partial charge on any atom is -0.507 e. The van der Waals surface area contributed by atoms with E-state index in [1.165, 1.54) is 11.0 Å². The summed E-state index contributed by atoms with van der Waals surface area (Å²) >= 11 is 0. The summed E-state index contributed by atoms with van der Waals surface area (Å²) in [6.45, 7) is 2.93. The van der Waals surface area contributed by atoms with Crippen molar-refractivity contribution in [1.82, 2.24) is 9.80 Å². The van der Waals surface area contributed by atoms with Gasteiger partial charge in [-0.2, -0.15) is 0 Å². The van der Waals surface area contributed by atoms with Crippen LogP contribution < -0.4 is 4.74 Å². The Bertz CT molecular complexity index is 1100. The molecule has 0 aliphatic carbocycles. The molecule has 1 saturated heterocycles. The largest absolute Gasteiger partial charge is 0.507 e. The summed E-state index contributed by atoms with van der Waals surface area (Å²) in [5.41, 5.74) is 1.44. The van der Waals surface area contributed by atoms with E-state index in [1.807, 2.05) is 25.9 Å². The average Bonchev–Trinajstić information content (AvgIpc) is 3.24.